The molecule has 2 aliphatic rings. The first kappa shape index (κ1) is 20.0. The molecule has 1 aromatic carbocycles. The highest BCUT2D eigenvalue weighted by Crippen LogP contribution is 2.41. The van der Waals surface area contributed by atoms with Gasteiger partial charge < -0.3 is 19.9 Å². The Morgan fingerprint density at radius 3 is 2.84 bits per heavy atom. The molecule has 31 heavy (non-hydrogen) atoms. The summed E-state index contributed by atoms with van der Waals surface area (Å²) in [7, 11) is 1.67. The SMILES string of the molecule is CN(C(=O)c1n[nH]c2c1CN(C(=O)c1cc3c(Cl)cc(F)cc3[nH]1)CC2)C1(CO)CC1. The molecule has 0 unspecified atom stereocenters. The average molecular weight is 446 g/mol. The molecular weight excluding hydrogens is 425 g/mol. The van der Waals surface area contributed by atoms with Crippen LogP contribution in [0.4, 0.5) is 4.39 Å². The molecule has 8 nitrogen and oxygen atoms in total. The Kier molecular flexibility index (Phi) is 4.56. The maximum absolute atomic E-state index is 13.6. The molecule has 3 N–H and O–H groups in total. The molecule has 3 aromatic rings. The number of aromatic nitrogens is 3. The number of aliphatic hydroxyl groups excluding tert-OH is 1. The van der Waals surface area contributed by atoms with Crippen molar-refractivity contribution in [2.45, 2.75) is 31.3 Å². The average Bonchev–Trinajstić information content (AvgIpc) is 3.25. The lowest BCUT2D eigenvalue weighted by Crippen LogP contribution is -2.42. The number of H-pyrrole nitrogens is 2. The van der Waals surface area contributed by atoms with Gasteiger partial charge in [-0.1, -0.05) is 11.6 Å². The number of rotatable bonds is 4. The maximum atomic E-state index is 13.6. The molecular formula is C21H21ClFN5O3. The standard InChI is InChI=1S/C21H21ClFN5O3/c1-27(21(10-29)3-4-21)20(31)18-13-9-28(5-2-15(13)25-26-18)19(30)17-8-12-14(22)6-11(23)7-16(12)24-17/h6-8,24,29H,2-5,9-10H2,1H3,(H,25,26). The number of nitrogens with one attached hydrogen (secondary N) is 2. The summed E-state index contributed by atoms with van der Waals surface area (Å²) >= 11 is 6.10. The molecule has 5 rings (SSSR count). The van der Waals surface area contributed by atoms with Crippen molar-refractivity contribution in [2.24, 2.45) is 0 Å². The number of halogens is 2. The van der Waals surface area contributed by atoms with E-state index in [2.05, 4.69) is 15.2 Å². The zero-order chi connectivity index (χ0) is 21.9. The molecule has 1 fully saturated rings. The Morgan fingerprint density at radius 1 is 1.35 bits per heavy atom. The van der Waals surface area contributed by atoms with E-state index in [1.807, 2.05) is 0 Å². The van der Waals surface area contributed by atoms with E-state index in [0.717, 1.165) is 18.5 Å². The van der Waals surface area contributed by atoms with Gasteiger partial charge in [-0.05, 0) is 31.0 Å². The summed E-state index contributed by atoms with van der Waals surface area (Å²) < 4.78 is 13.6. The smallest absolute Gasteiger partial charge is 0.274 e. The van der Waals surface area contributed by atoms with E-state index in [1.165, 1.54) is 12.1 Å². The fourth-order valence-corrected chi connectivity index (χ4v) is 4.47. The summed E-state index contributed by atoms with van der Waals surface area (Å²) in [6.07, 6.45) is 2.05. The van der Waals surface area contributed by atoms with Crippen LogP contribution in [0.25, 0.3) is 10.9 Å². The number of aliphatic hydroxyl groups is 1. The van der Waals surface area contributed by atoms with E-state index in [1.54, 1.807) is 22.9 Å². The third kappa shape index (κ3) is 3.19. The highest BCUT2D eigenvalue weighted by molar-refractivity contribution is 6.35. The molecule has 0 bridgehead atoms. The maximum Gasteiger partial charge on any atom is 0.274 e. The monoisotopic (exact) mass is 445 g/mol. The molecule has 2 amide bonds. The lowest BCUT2D eigenvalue weighted by Gasteiger charge is -2.29. The third-order valence-electron chi connectivity index (χ3n) is 6.44. The molecule has 1 aliphatic heterocycles. The van der Waals surface area contributed by atoms with E-state index < -0.39 is 11.4 Å². The van der Waals surface area contributed by atoms with Crippen LogP contribution in [0.3, 0.4) is 0 Å². The fraction of sp³-hybridized carbons (Fsp3) is 0.381. The number of carbonyl (C=O) groups excluding carboxylic acids is 2. The van der Waals surface area contributed by atoms with Gasteiger partial charge in [0.05, 0.1) is 29.2 Å². The Hall–Kier alpha value is -2.91. The van der Waals surface area contributed by atoms with E-state index >= 15 is 0 Å². The first-order valence-corrected chi connectivity index (χ1v) is 10.4. The minimum atomic E-state index is -0.508. The molecule has 3 heterocycles. The number of aromatic amines is 2. The second kappa shape index (κ2) is 7.06. The number of carbonyl (C=O) groups is 2. The molecule has 0 spiro atoms. The van der Waals surface area contributed by atoms with Gasteiger partial charge in [0.1, 0.15) is 11.5 Å². The lowest BCUT2D eigenvalue weighted by atomic mass is 10.0. The third-order valence-corrected chi connectivity index (χ3v) is 6.76. The number of nitrogens with zero attached hydrogens (tertiary/aromatic N) is 3. The van der Waals surface area contributed by atoms with Gasteiger partial charge in [0.2, 0.25) is 0 Å². The topological polar surface area (TPSA) is 105 Å². The molecule has 0 atom stereocenters. The number of hydrogen-bond acceptors (Lipinski definition) is 4. The largest absolute Gasteiger partial charge is 0.394 e. The van der Waals surface area contributed by atoms with Gasteiger partial charge in [-0.25, -0.2) is 4.39 Å². The molecule has 162 valence electrons. The second-order valence-electron chi connectivity index (χ2n) is 8.28. The van der Waals surface area contributed by atoms with Crippen molar-refractivity contribution >= 4 is 34.3 Å². The van der Waals surface area contributed by atoms with Crippen LogP contribution in [0.1, 0.15) is 45.1 Å². The van der Waals surface area contributed by atoms with Crippen molar-refractivity contribution in [3.05, 3.63) is 51.7 Å². The highest BCUT2D eigenvalue weighted by Gasteiger charge is 2.49. The number of likely N-dealkylation sites (N-methyl/N-ethyl adjacent to an activating group) is 1. The van der Waals surface area contributed by atoms with Gasteiger partial charge in [0, 0.05) is 36.7 Å². The number of hydrogen-bond donors (Lipinski definition) is 3. The normalized spacial score (nSPS) is 17.0. The quantitative estimate of drug-likeness (QED) is 0.573. The summed E-state index contributed by atoms with van der Waals surface area (Å²) in [5.41, 5.74) is 2.03. The number of fused-ring (bicyclic) bond motifs is 2. The van der Waals surface area contributed by atoms with Crippen molar-refractivity contribution in [3.8, 4) is 0 Å². The zero-order valence-electron chi connectivity index (χ0n) is 16.8. The van der Waals surface area contributed by atoms with Crippen LogP contribution in [0.2, 0.25) is 5.02 Å². The van der Waals surface area contributed by atoms with Crippen molar-refractivity contribution in [1.82, 2.24) is 25.0 Å². The highest BCUT2D eigenvalue weighted by atomic mass is 35.5. The van der Waals surface area contributed by atoms with E-state index in [4.69, 9.17) is 11.6 Å². The van der Waals surface area contributed by atoms with Crippen LogP contribution in [-0.4, -0.2) is 67.6 Å². The van der Waals surface area contributed by atoms with Crippen molar-refractivity contribution in [3.63, 3.8) is 0 Å². The zero-order valence-corrected chi connectivity index (χ0v) is 17.6. The van der Waals surface area contributed by atoms with Gasteiger partial charge in [0.15, 0.2) is 5.69 Å². The summed E-state index contributed by atoms with van der Waals surface area (Å²) in [5, 5.41) is 17.6. The van der Waals surface area contributed by atoms with Crippen LogP contribution in [0, 0.1) is 5.82 Å². The summed E-state index contributed by atoms with van der Waals surface area (Å²) in [6, 6.07) is 4.12. The van der Waals surface area contributed by atoms with Gasteiger partial charge in [-0.2, -0.15) is 5.10 Å². The summed E-state index contributed by atoms with van der Waals surface area (Å²) in [4.78, 5) is 32.3. The Bertz CT molecular complexity index is 1220. The number of benzene rings is 1. The van der Waals surface area contributed by atoms with Crippen molar-refractivity contribution in [1.29, 1.82) is 0 Å². The Balaban J connectivity index is 1.41. The minimum Gasteiger partial charge on any atom is -0.394 e. The molecule has 1 saturated carbocycles. The van der Waals surface area contributed by atoms with Crippen LogP contribution in [0.15, 0.2) is 18.2 Å². The van der Waals surface area contributed by atoms with Gasteiger partial charge >= 0.3 is 0 Å². The van der Waals surface area contributed by atoms with Gasteiger partial charge in [-0.15, -0.1) is 0 Å². The second-order valence-corrected chi connectivity index (χ2v) is 8.69. The van der Waals surface area contributed by atoms with Crippen LogP contribution in [-0.2, 0) is 13.0 Å². The van der Waals surface area contributed by atoms with E-state index in [0.29, 0.717) is 35.1 Å². The van der Waals surface area contributed by atoms with E-state index in [9.17, 15) is 19.1 Å². The minimum absolute atomic E-state index is 0.0873. The Labute approximate surface area is 182 Å². The first-order valence-electron chi connectivity index (χ1n) is 10.0. The van der Waals surface area contributed by atoms with Crippen LogP contribution < -0.4 is 0 Å². The van der Waals surface area contributed by atoms with Crippen molar-refractivity contribution in [2.75, 3.05) is 20.2 Å². The molecule has 0 saturated heterocycles. The van der Waals surface area contributed by atoms with Gasteiger partial charge in [-0.3, -0.25) is 14.7 Å². The summed E-state index contributed by atoms with van der Waals surface area (Å²) in [5.74, 6) is -1.02. The first-order chi connectivity index (χ1) is 14.8. The molecule has 10 heteroatoms. The van der Waals surface area contributed by atoms with Crippen molar-refractivity contribution < 1.29 is 19.1 Å². The fourth-order valence-electron chi connectivity index (χ4n) is 4.21. The number of amides is 2. The lowest BCUT2D eigenvalue weighted by molar-refractivity contribution is 0.0607. The molecule has 0 radical (unpaired) electrons. The molecule has 2 aromatic heterocycles. The van der Waals surface area contributed by atoms with Crippen LogP contribution in [0.5, 0.6) is 0 Å². The van der Waals surface area contributed by atoms with E-state index in [-0.39, 0.29) is 35.7 Å². The van der Waals surface area contributed by atoms with Gasteiger partial charge in [0.25, 0.3) is 11.8 Å². The predicted molar refractivity (Wildman–Crippen MR) is 111 cm³/mol. The summed E-state index contributed by atoms with van der Waals surface area (Å²) in [6.45, 7) is 0.592. The predicted octanol–water partition coefficient (Wildman–Crippen LogP) is 2.48. The Morgan fingerprint density at radius 2 is 2.13 bits per heavy atom. The molecule has 1 aliphatic carbocycles. The van der Waals surface area contributed by atoms with Crippen LogP contribution >= 0.6 is 11.6 Å².